The molecule has 0 saturated carbocycles. The minimum atomic E-state index is -4.39. The Labute approximate surface area is 175 Å². The Kier molecular flexibility index (Phi) is 6.71. The molecule has 1 atom stereocenters. The standard InChI is InChI=1S/C23H28F3N3O/c1-16-6-4-9-21(17(16)2)29-12-10-28(11-13-29)18(3)22(30)27-15-19-7-5-8-20(14-19)23(24,25)26/h4-9,14,18H,10-13,15H2,1-3H3,(H,27,30)/t18-/m1/s1. The Bertz CT molecular complexity index is 890. The summed E-state index contributed by atoms with van der Waals surface area (Å²) in [6, 6.07) is 11.0. The molecule has 0 aliphatic carbocycles. The van der Waals surface area contributed by atoms with Crippen molar-refractivity contribution >= 4 is 11.6 Å². The van der Waals surface area contributed by atoms with Crippen LogP contribution < -0.4 is 10.2 Å². The zero-order valence-electron chi connectivity index (χ0n) is 17.6. The van der Waals surface area contributed by atoms with Gasteiger partial charge in [0.2, 0.25) is 5.91 Å². The van der Waals surface area contributed by atoms with Crippen molar-refractivity contribution in [2.24, 2.45) is 0 Å². The van der Waals surface area contributed by atoms with E-state index in [1.807, 2.05) is 6.92 Å². The van der Waals surface area contributed by atoms with Crippen molar-refractivity contribution in [3.63, 3.8) is 0 Å². The molecule has 1 amide bonds. The Hall–Kier alpha value is -2.54. The molecule has 0 radical (unpaired) electrons. The first kappa shape index (κ1) is 22.2. The number of rotatable bonds is 5. The molecule has 1 fully saturated rings. The predicted octanol–water partition coefficient (Wildman–Crippen LogP) is 4.15. The SMILES string of the molecule is Cc1cccc(N2CCN([C@H](C)C(=O)NCc3cccc(C(F)(F)F)c3)CC2)c1C. The van der Waals surface area contributed by atoms with E-state index in [0.29, 0.717) is 5.56 Å². The van der Waals surface area contributed by atoms with Crippen molar-refractivity contribution in [1.82, 2.24) is 10.2 Å². The molecule has 0 aromatic heterocycles. The van der Waals surface area contributed by atoms with Gasteiger partial charge in [0.25, 0.3) is 0 Å². The van der Waals surface area contributed by atoms with E-state index in [-0.39, 0.29) is 18.5 Å². The molecule has 0 unspecified atom stereocenters. The Morgan fingerprint density at radius 2 is 1.73 bits per heavy atom. The van der Waals surface area contributed by atoms with Crippen molar-refractivity contribution in [3.8, 4) is 0 Å². The van der Waals surface area contributed by atoms with Gasteiger partial charge in [-0.25, -0.2) is 0 Å². The number of carbonyl (C=O) groups is 1. The quantitative estimate of drug-likeness (QED) is 0.791. The molecule has 1 aliphatic heterocycles. The third kappa shape index (κ3) is 5.14. The molecule has 162 valence electrons. The number of alkyl halides is 3. The summed E-state index contributed by atoms with van der Waals surface area (Å²) in [5, 5.41) is 2.77. The first-order valence-corrected chi connectivity index (χ1v) is 10.2. The Morgan fingerprint density at radius 1 is 1.07 bits per heavy atom. The molecule has 1 heterocycles. The van der Waals surface area contributed by atoms with Crippen LogP contribution in [0.25, 0.3) is 0 Å². The van der Waals surface area contributed by atoms with E-state index >= 15 is 0 Å². The van der Waals surface area contributed by atoms with Crippen LogP contribution in [-0.4, -0.2) is 43.0 Å². The van der Waals surface area contributed by atoms with Crippen molar-refractivity contribution in [3.05, 3.63) is 64.7 Å². The van der Waals surface area contributed by atoms with E-state index in [1.165, 1.54) is 22.9 Å². The minimum Gasteiger partial charge on any atom is -0.369 e. The number of amides is 1. The monoisotopic (exact) mass is 419 g/mol. The highest BCUT2D eigenvalue weighted by Crippen LogP contribution is 2.29. The second kappa shape index (κ2) is 9.08. The smallest absolute Gasteiger partial charge is 0.369 e. The largest absolute Gasteiger partial charge is 0.416 e. The first-order chi connectivity index (χ1) is 14.2. The van der Waals surface area contributed by atoms with Crippen molar-refractivity contribution < 1.29 is 18.0 Å². The topological polar surface area (TPSA) is 35.6 Å². The van der Waals surface area contributed by atoms with Crippen molar-refractivity contribution in [2.75, 3.05) is 31.1 Å². The molecule has 1 aliphatic rings. The van der Waals surface area contributed by atoms with E-state index in [2.05, 4.69) is 47.2 Å². The average molecular weight is 419 g/mol. The summed E-state index contributed by atoms with van der Waals surface area (Å²) in [7, 11) is 0. The number of nitrogens with zero attached hydrogens (tertiary/aromatic N) is 2. The van der Waals surface area contributed by atoms with Gasteiger partial charge in [0.15, 0.2) is 0 Å². The summed E-state index contributed by atoms with van der Waals surface area (Å²) >= 11 is 0. The molecular weight excluding hydrogens is 391 g/mol. The highest BCUT2D eigenvalue weighted by atomic mass is 19.4. The van der Waals surface area contributed by atoms with Crippen LogP contribution in [0.5, 0.6) is 0 Å². The number of carbonyl (C=O) groups excluding carboxylic acids is 1. The zero-order chi connectivity index (χ0) is 21.9. The third-order valence-corrected chi connectivity index (χ3v) is 5.88. The van der Waals surface area contributed by atoms with Crippen LogP contribution in [0.1, 0.15) is 29.2 Å². The van der Waals surface area contributed by atoms with Gasteiger partial charge in [-0.05, 0) is 55.7 Å². The second-order valence-corrected chi connectivity index (χ2v) is 7.83. The maximum atomic E-state index is 12.8. The van der Waals surface area contributed by atoms with Crippen LogP contribution in [0, 0.1) is 13.8 Å². The number of piperazine rings is 1. The molecule has 3 rings (SSSR count). The summed E-state index contributed by atoms with van der Waals surface area (Å²) in [6.45, 7) is 9.32. The third-order valence-electron chi connectivity index (χ3n) is 5.88. The van der Waals surface area contributed by atoms with Gasteiger partial charge < -0.3 is 10.2 Å². The highest BCUT2D eigenvalue weighted by molar-refractivity contribution is 5.81. The molecule has 7 heteroatoms. The van der Waals surface area contributed by atoms with Crippen molar-refractivity contribution in [1.29, 1.82) is 0 Å². The van der Waals surface area contributed by atoms with Crippen LogP contribution in [-0.2, 0) is 17.5 Å². The number of anilines is 1. The fourth-order valence-corrected chi connectivity index (χ4v) is 3.79. The molecule has 1 N–H and O–H groups in total. The van der Waals surface area contributed by atoms with Crippen LogP contribution >= 0.6 is 0 Å². The molecule has 4 nitrogen and oxygen atoms in total. The molecule has 1 saturated heterocycles. The molecule has 0 spiro atoms. The normalized spacial score (nSPS) is 16.4. The molecule has 30 heavy (non-hydrogen) atoms. The van der Waals surface area contributed by atoms with Crippen LogP contribution in [0.3, 0.4) is 0 Å². The lowest BCUT2D eigenvalue weighted by Crippen LogP contribution is -2.54. The van der Waals surface area contributed by atoms with Gasteiger partial charge in [-0.1, -0.05) is 24.3 Å². The second-order valence-electron chi connectivity index (χ2n) is 7.83. The van der Waals surface area contributed by atoms with Crippen LogP contribution in [0.15, 0.2) is 42.5 Å². The van der Waals surface area contributed by atoms with Gasteiger partial charge in [0.1, 0.15) is 0 Å². The summed E-state index contributed by atoms with van der Waals surface area (Å²) in [4.78, 5) is 17.0. The van der Waals surface area contributed by atoms with Gasteiger partial charge in [0.05, 0.1) is 11.6 Å². The summed E-state index contributed by atoms with van der Waals surface area (Å²) < 4.78 is 38.5. The Balaban J connectivity index is 1.53. The van der Waals surface area contributed by atoms with Gasteiger partial charge in [-0.2, -0.15) is 13.2 Å². The molecule has 0 bridgehead atoms. The Morgan fingerprint density at radius 3 is 2.40 bits per heavy atom. The van der Waals surface area contributed by atoms with Crippen LogP contribution in [0.4, 0.5) is 18.9 Å². The van der Waals surface area contributed by atoms with Gasteiger partial charge in [-0.15, -0.1) is 0 Å². The number of benzene rings is 2. The lowest BCUT2D eigenvalue weighted by Gasteiger charge is -2.39. The lowest BCUT2D eigenvalue weighted by molar-refractivity contribution is -0.137. The maximum absolute atomic E-state index is 12.8. The number of hydrogen-bond acceptors (Lipinski definition) is 3. The van der Waals surface area contributed by atoms with Gasteiger partial charge in [0, 0.05) is 38.4 Å². The van der Waals surface area contributed by atoms with E-state index in [0.717, 1.165) is 38.3 Å². The molecular formula is C23H28F3N3O. The molecule has 2 aromatic rings. The van der Waals surface area contributed by atoms with Gasteiger partial charge >= 0.3 is 6.18 Å². The van der Waals surface area contributed by atoms with E-state index < -0.39 is 11.7 Å². The van der Waals surface area contributed by atoms with Crippen LogP contribution in [0.2, 0.25) is 0 Å². The summed E-state index contributed by atoms with van der Waals surface area (Å²) in [5.41, 5.74) is 3.50. The number of aryl methyl sites for hydroxylation is 1. The summed E-state index contributed by atoms with van der Waals surface area (Å²) in [5.74, 6) is -0.174. The van der Waals surface area contributed by atoms with Gasteiger partial charge in [-0.3, -0.25) is 9.69 Å². The first-order valence-electron chi connectivity index (χ1n) is 10.2. The number of halogens is 3. The number of hydrogen-bond donors (Lipinski definition) is 1. The lowest BCUT2D eigenvalue weighted by atomic mass is 10.1. The molecule has 2 aromatic carbocycles. The number of nitrogens with one attached hydrogen (secondary N) is 1. The van der Waals surface area contributed by atoms with E-state index in [1.54, 1.807) is 6.07 Å². The minimum absolute atomic E-state index is 0.0789. The zero-order valence-corrected chi connectivity index (χ0v) is 17.6. The average Bonchev–Trinajstić information content (AvgIpc) is 2.73. The maximum Gasteiger partial charge on any atom is 0.416 e. The highest BCUT2D eigenvalue weighted by Gasteiger charge is 2.30. The summed E-state index contributed by atoms with van der Waals surface area (Å²) in [6.07, 6.45) is -4.39. The fraction of sp³-hybridized carbons (Fsp3) is 0.435. The van der Waals surface area contributed by atoms with E-state index in [9.17, 15) is 18.0 Å². The van der Waals surface area contributed by atoms with E-state index in [4.69, 9.17) is 0 Å². The fourth-order valence-electron chi connectivity index (χ4n) is 3.79. The van der Waals surface area contributed by atoms with Crippen molar-refractivity contribution in [2.45, 2.75) is 39.5 Å². The predicted molar refractivity (Wildman–Crippen MR) is 112 cm³/mol.